The van der Waals surface area contributed by atoms with Crippen LogP contribution in [0.2, 0.25) is 0 Å². The fraction of sp³-hybridized carbons (Fsp3) is 1.00. The second-order valence-corrected chi connectivity index (χ2v) is 2.98. The van der Waals surface area contributed by atoms with Crippen molar-refractivity contribution in [3.8, 4) is 0 Å². The van der Waals surface area contributed by atoms with E-state index in [0.717, 1.165) is 5.75 Å². The predicted octanol–water partition coefficient (Wildman–Crippen LogP) is 1.88. The molecule has 0 N–H and O–H groups in total. The third-order valence-corrected chi connectivity index (χ3v) is 1.82. The summed E-state index contributed by atoms with van der Waals surface area (Å²) in [7, 11) is 0. The van der Waals surface area contributed by atoms with E-state index in [0.29, 0.717) is 0 Å². The van der Waals surface area contributed by atoms with Crippen LogP contribution in [0, 0.1) is 0 Å². The van der Waals surface area contributed by atoms with E-state index < -0.39 is 0 Å². The minimum Gasteiger partial charge on any atom is -0.175 e. The predicted molar refractivity (Wildman–Crippen MR) is 31.4 cm³/mol. The van der Waals surface area contributed by atoms with Crippen LogP contribution in [0.1, 0.15) is 13.8 Å². The van der Waals surface area contributed by atoms with Crippen molar-refractivity contribution >= 4 is 11.9 Å². The summed E-state index contributed by atoms with van der Waals surface area (Å²) in [6, 6.07) is 0. The lowest BCUT2D eigenvalue weighted by atomic mass is 10.1. The van der Waals surface area contributed by atoms with E-state index in [2.05, 4.69) is 23.5 Å². The molecule has 0 saturated heterocycles. The van der Waals surface area contributed by atoms with Gasteiger partial charge >= 0.3 is 0 Å². The van der Waals surface area contributed by atoms with E-state index in [1.165, 1.54) is 11.9 Å². The molecule has 3 heteroatoms. The second kappa shape index (κ2) is 1.47. The third-order valence-electron chi connectivity index (χ3n) is 0.787. The monoisotopic (exact) mass is 116 g/mol. The van der Waals surface area contributed by atoms with Gasteiger partial charge in [-0.2, -0.15) is 5.11 Å². The first-order valence-electron chi connectivity index (χ1n) is 2.25. The molecular weight excluding hydrogens is 108 g/mol. The Balaban J connectivity index is 2.57. The molecule has 0 bridgehead atoms. The van der Waals surface area contributed by atoms with Crippen molar-refractivity contribution < 1.29 is 0 Å². The number of nitrogens with zero attached hydrogens (tertiary/aromatic N) is 2. The van der Waals surface area contributed by atoms with Gasteiger partial charge in [0.1, 0.15) is 0 Å². The van der Waals surface area contributed by atoms with Gasteiger partial charge in [-0.25, -0.2) is 0 Å². The second-order valence-electron chi connectivity index (χ2n) is 2.27. The minimum atomic E-state index is 0.116. The van der Waals surface area contributed by atoms with E-state index in [9.17, 15) is 0 Å². The highest BCUT2D eigenvalue weighted by Gasteiger charge is 2.20. The topological polar surface area (TPSA) is 24.7 Å². The first-order chi connectivity index (χ1) is 3.21. The molecule has 1 aliphatic heterocycles. The zero-order chi connectivity index (χ0) is 5.33. The molecule has 1 rings (SSSR count). The van der Waals surface area contributed by atoms with Gasteiger partial charge in [-0.3, -0.25) is 0 Å². The van der Waals surface area contributed by atoms with Crippen LogP contribution in [-0.4, -0.2) is 11.3 Å². The zero-order valence-electron chi connectivity index (χ0n) is 4.51. The van der Waals surface area contributed by atoms with Crippen molar-refractivity contribution in [1.82, 2.24) is 0 Å². The molecule has 0 aromatic carbocycles. The molecule has 0 aromatic heterocycles. The van der Waals surface area contributed by atoms with Gasteiger partial charge in [0.2, 0.25) is 0 Å². The smallest absolute Gasteiger partial charge is 0.0879 e. The molecule has 0 saturated carbocycles. The SMILES string of the molecule is CC1(C)CSN=N1. The Morgan fingerprint density at radius 3 is 2.43 bits per heavy atom. The van der Waals surface area contributed by atoms with Crippen molar-refractivity contribution in [2.24, 2.45) is 9.63 Å². The van der Waals surface area contributed by atoms with Gasteiger partial charge in [0.15, 0.2) is 0 Å². The van der Waals surface area contributed by atoms with E-state index >= 15 is 0 Å². The van der Waals surface area contributed by atoms with Crippen LogP contribution in [0.5, 0.6) is 0 Å². The zero-order valence-corrected chi connectivity index (χ0v) is 5.33. The van der Waals surface area contributed by atoms with Crippen LogP contribution in [-0.2, 0) is 0 Å². The Hall–Kier alpha value is -0.0500. The molecule has 1 aliphatic rings. The fourth-order valence-corrected chi connectivity index (χ4v) is 1.07. The van der Waals surface area contributed by atoms with Gasteiger partial charge in [0.05, 0.1) is 5.54 Å². The summed E-state index contributed by atoms with van der Waals surface area (Å²) in [5.74, 6) is 1.03. The Morgan fingerprint density at radius 2 is 2.29 bits per heavy atom. The molecule has 0 fully saturated rings. The fourth-order valence-electron chi connectivity index (χ4n) is 0.355. The number of hydrogen-bond donors (Lipinski definition) is 0. The molecule has 0 atom stereocenters. The van der Waals surface area contributed by atoms with Crippen LogP contribution < -0.4 is 0 Å². The molecule has 0 spiro atoms. The highest BCUT2D eigenvalue weighted by atomic mass is 32.2. The summed E-state index contributed by atoms with van der Waals surface area (Å²) in [6.45, 7) is 4.16. The standard InChI is InChI=1S/C4H8N2S/c1-4(2)3-7-6-5-4/h3H2,1-2H3. The molecular formula is C4H8N2S. The first-order valence-corrected chi connectivity index (χ1v) is 3.19. The maximum absolute atomic E-state index is 3.96. The summed E-state index contributed by atoms with van der Waals surface area (Å²) in [4.78, 5) is 0. The van der Waals surface area contributed by atoms with Gasteiger partial charge in [-0.05, 0) is 25.8 Å². The van der Waals surface area contributed by atoms with Gasteiger partial charge in [0.25, 0.3) is 0 Å². The van der Waals surface area contributed by atoms with Crippen LogP contribution in [0.15, 0.2) is 9.63 Å². The van der Waals surface area contributed by atoms with Crippen LogP contribution in [0.3, 0.4) is 0 Å². The summed E-state index contributed by atoms with van der Waals surface area (Å²) in [6.07, 6.45) is 0. The molecule has 2 nitrogen and oxygen atoms in total. The molecule has 0 aromatic rings. The molecule has 0 unspecified atom stereocenters. The first kappa shape index (κ1) is 5.09. The van der Waals surface area contributed by atoms with Crippen molar-refractivity contribution in [3.63, 3.8) is 0 Å². The Morgan fingerprint density at radius 1 is 1.57 bits per heavy atom. The average Bonchev–Trinajstić information content (AvgIpc) is 1.84. The normalized spacial score (nSPS) is 26.0. The summed E-state index contributed by atoms with van der Waals surface area (Å²) in [5.41, 5.74) is 0.116. The van der Waals surface area contributed by atoms with E-state index in [4.69, 9.17) is 0 Å². The summed E-state index contributed by atoms with van der Waals surface area (Å²) >= 11 is 1.54. The van der Waals surface area contributed by atoms with Gasteiger partial charge in [-0.15, -0.1) is 4.52 Å². The average molecular weight is 116 g/mol. The van der Waals surface area contributed by atoms with Crippen molar-refractivity contribution in [2.45, 2.75) is 19.4 Å². The largest absolute Gasteiger partial charge is 0.175 e. The van der Waals surface area contributed by atoms with E-state index in [1.54, 1.807) is 0 Å². The van der Waals surface area contributed by atoms with E-state index in [1.807, 2.05) is 0 Å². The van der Waals surface area contributed by atoms with Gasteiger partial charge in [-0.1, -0.05) is 0 Å². The van der Waals surface area contributed by atoms with Crippen molar-refractivity contribution in [2.75, 3.05) is 5.75 Å². The molecule has 7 heavy (non-hydrogen) atoms. The van der Waals surface area contributed by atoms with Crippen molar-refractivity contribution in [1.29, 1.82) is 0 Å². The van der Waals surface area contributed by atoms with Crippen molar-refractivity contribution in [3.05, 3.63) is 0 Å². The lowest BCUT2D eigenvalue weighted by molar-refractivity contribution is 0.585. The summed E-state index contributed by atoms with van der Waals surface area (Å²) < 4.78 is 3.78. The number of rotatable bonds is 0. The third kappa shape index (κ3) is 1.16. The Bertz CT molecular complexity index is 97.9. The Kier molecular flexibility index (Phi) is 1.07. The van der Waals surface area contributed by atoms with E-state index in [-0.39, 0.29) is 5.54 Å². The van der Waals surface area contributed by atoms with Crippen LogP contribution >= 0.6 is 11.9 Å². The minimum absolute atomic E-state index is 0.116. The highest BCUT2D eigenvalue weighted by Crippen LogP contribution is 2.25. The molecule has 40 valence electrons. The lowest BCUT2D eigenvalue weighted by Crippen LogP contribution is -2.14. The molecule has 1 heterocycles. The van der Waals surface area contributed by atoms with Gasteiger partial charge < -0.3 is 0 Å². The lowest BCUT2D eigenvalue weighted by Gasteiger charge is -2.06. The summed E-state index contributed by atoms with van der Waals surface area (Å²) in [5, 5.41) is 3.96. The highest BCUT2D eigenvalue weighted by molar-refractivity contribution is 7.98. The Labute approximate surface area is 47.5 Å². The van der Waals surface area contributed by atoms with Gasteiger partial charge in [0, 0.05) is 5.75 Å². The molecule has 0 radical (unpaired) electrons. The quantitative estimate of drug-likeness (QED) is 0.443. The van der Waals surface area contributed by atoms with Crippen LogP contribution in [0.25, 0.3) is 0 Å². The van der Waals surface area contributed by atoms with Crippen LogP contribution in [0.4, 0.5) is 0 Å². The maximum atomic E-state index is 3.96. The molecule has 0 amide bonds. The number of hydrogen-bond acceptors (Lipinski definition) is 3. The molecule has 0 aliphatic carbocycles. The maximum Gasteiger partial charge on any atom is 0.0879 e.